The molecule has 3 rings (SSSR count). The van der Waals surface area contributed by atoms with Crippen molar-refractivity contribution >= 4 is 44.9 Å². The summed E-state index contributed by atoms with van der Waals surface area (Å²) in [5.74, 6) is 0.131. The molecule has 0 saturated carbocycles. The summed E-state index contributed by atoms with van der Waals surface area (Å²) in [6, 6.07) is 7.34. The lowest BCUT2D eigenvalue weighted by molar-refractivity contribution is 0.102. The van der Waals surface area contributed by atoms with Crippen LogP contribution in [0.4, 0.5) is 10.2 Å². The van der Waals surface area contributed by atoms with Gasteiger partial charge in [-0.2, -0.15) is 0 Å². The predicted molar refractivity (Wildman–Crippen MR) is 83.3 cm³/mol. The Labute approximate surface area is 128 Å². The van der Waals surface area contributed by atoms with Gasteiger partial charge in [-0.1, -0.05) is 11.8 Å². The van der Waals surface area contributed by atoms with E-state index in [1.165, 1.54) is 47.4 Å². The number of carbonyl (C=O) groups excluding carboxylic acids is 1. The number of carbonyl (C=O) groups is 1. The number of fused-ring (bicyclic) bond motifs is 1. The fraction of sp³-hybridized carbons (Fsp3) is 0.0714. The molecular formula is C14H10FN3OS2. The summed E-state index contributed by atoms with van der Waals surface area (Å²) in [5.41, 5.74) is 6.32. The van der Waals surface area contributed by atoms with E-state index in [1.54, 1.807) is 0 Å². The molecule has 0 unspecified atom stereocenters. The van der Waals surface area contributed by atoms with E-state index < -0.39 is 0 Å². The zero-order chi connectivity index (χ0) is 14.8. The van der Waals surface area contributed by atoms with Gasteiger partial charge >= 0.3 is 0 Å². The maximum Gasteiger partial charge on any atom is 0.191 e. The molecule has 0 saturated heterocycles. The fourth-order valence-corrected chi connectivity index (χ4v) is 3.35. The van der Waals surface area contributed by atoms with Gasteiger partial charge in [0.25, 0.3) is 0 Å². The number of anilines is 1. The van der Waals surface area contributed by atoms with Crippen molar-refractivity contribution in [1.82, 2.24) is 9.97 Å². The largest absolute Gasteiger partial charge is 0.383 e. The molecule has 0 aliphatic rings. The van der Waals surface area contributed by atoms with Crippen molar-refractivity contribution in [3.05, 3.63) is 47.1 Å². The predicted octanol–water partition coefficient (Wildman–Crippen LogP) is 3.39. The monoisotopic (exact) mass is 319 g/mol. The highest BCUT2D eigenvalue weighted by Crippen LogP contribution is 2.26. The Balaban J connectivity index is 1.73. The van der Waals surface area contributed by atoms with Crippen LogP contribution in [0.2, 0.25) is 0 Å². The number of aromatic nitrogens is 2. The first-order chi connectivity index (χ1) is 10.1. The molecule has 21 heavy (non-hydrogen) atoms. The maximum atomic E-state index is 12.8. The summed E-state index contributed by atoms with van der Waals surface area (Å²) in [4.78, 5) is 21.3. The highest BCUT2D eigenvalue weighted by Gasteiger charge is 2.11. The van der Waals surface area contributed by atoms with Crippen LogP contribution in [0, 0.1) is 5.82 Å². The van der Waals surface area contributed by atoms with Crippen LogP contribution < -0.4 is 5.73 Å². The first-order valence-corrected chi connectivity index (χ1v) is 7.92. The number of hydrogen-bond acceptors (Lipinski definition) is 6. The van der Waals surface area contributed by atoms with Gasteiger partial charge in [0.15, 0.2) is 10.9 Å². The van der Waals surface area contributed by atoms with E-state index in [4.69, 9.17) is 5.73 Å². The van der Waals surface area contributed by atoms with Crippen LogP contribution >= 0.6 is 23.1 Å². The number of benzene rings is 1. The van der Waals surface area contributed by atoms with E-state index in [0.717, 1.165) is 10.2 Å². The molecule has 4 nitrogen and oxygen atoms in total. The quantitative estimate of drug-likeness (QED) is 0.453. The Bertz CT molecular complexity index is 802. The SMILES string of the molecule is Nc1nc(SCC(=O)c2ccc(F)cc2)nc2sccc12. The van der Waals surface area contributed by atoms with Gasteiger partial charge in [0.05, 0.1) is 11.1 Å². The highest BCUT2D eigenvalue weighted by atomic mass is 32.2. The molecule has 0 amide bonds. The van der Waals surface area contributed by atoms with Gasteiger partial charge in [-0.15, -0.1) is 11.3 Å². The van der Waals surface area contributed by atoms with Crippen molar-refractivity contribution in [2.75, 3.05) is 11.5 Å². The summed E-state index contributed by atoms with van der Waals surface area (Å²) < 4.78 is 12.8. The summed E-state index contributed by atoms with van der Waals surface area (Å²) >= 11 is 2.70. The lowest BCUT2D eigenvalue weighted by atomic mass is 10.1. The number of thioether (sulfide) groups is 1. The van der Waals surface area contributed by atoms with Crippen molar-refractivity contribution in [3.8, 4) is 0 Å². The summed E-state index contributed by atoms with van der Waals surface area (Å²) in [7, 11) is 0. The third kappa shape index (κ3) is 3.03. The van der Waals surface area contributed by atoms with Crippen LogP contribution in [-0.4, -0.2) is 21.5 Å². The lowest BCUT2D eigenvalue weighted by Gasteiger charge is -2.02. The zero-order valence-electron chi connectivity index (χ0n) is 10.7. The Hall–Kier alpha value is -1.99. The number of nitrogens with zero attached hydrogens (tertiary/aromatic N) is 2. The van der Waals surface area contributed by atoms with E-state index in [1.807, 2.05) is 11.4 Å². The maximum absolute atomic E-state index is 12.8. The molecule has 2 heterocycles. The van der Waals surface area contributed by atoms with Crippen LogP contribution in [0.3, 0.4) is 0 Å². The smallest absolute Gasteiger partial charge is 0.191 e. The van der Waals surface area contributed by atoms with Crippen molar-refractivity contribution in [2.45, 2.75) is 5.16 Å². The van der Waals surface area contributed by atoms with E-state index in [0.29, 0.717) is 16.5 Å². The second-order valence-corrected chi connectivity index (χ2v) is 6.09. The van der Waals surface area contributed by atoms with Crippen molar-refractivity contribution in [1.29, 1.82) is 0 Å². The van der Waals surface area contributed by atoms with E-state index in [-0.39, 0.29) is 17.4 Å². The molecule has 106 valence electrons. The van der Waals surface area contributed by atoms with Gasteiger partial charge in [-0.05, 0) is 35.7 Å². The van der Waals surface area contributed by atoms with Crippen LogP contribution in [0.5, 0.6) is 0 Å². The van der Waals surface area contributed by atoms with Crippen molar-refractivity contribution < 1.29 is 9.18 Å². The summed E-state index contributed by atoms with van der Waals surface area (Å²) in [5, 5.41) is 3.19. The fourth-order valence-electron chi connectivity index (χ4n) is 1.77. The number of nitrogens with two attached hydrogens (primary N) is 1. The summed E-state index contributed by atoms with van der Waals surface area (Å²) in [6.07, 6.45) is 0. The van der Waals surface area contributed by atoms with E-state index >= 15 is 0 Å². The molecule has 0 bridgehead atoms. The van der Waals surface area contributed by atoms with Gasteiger partial charge in [-0.3, -0.25) is 4.79 Å². The number of ketones is 1. The topological polar surface area (TPSA) is 68.9 Å². The number of rotatable bonds is 4. The second-order valence-electron chi connectivity index (χ2n) is 4.25. The van der Waals surface area contributed by atoms with Gasteiger partial charge in [0.2, 0.25) is 0 Å². The molecule has 3 aromatic rings. The van der Waals surface area contributed by atoms with Gasteiger partial charge < -0.3 is 5.73 Å². The van der Waals surface area contributed by atoms with Crippen LogP contribution in [0.25, 0.3) is 10.2 Å². The average molecular weight is 319 g/mol. The van der Waals surface area contributed by atoms with E-state index in [9.17, 15) is 9.18 Å². The number of hydrogen-bond donors (Lipinski definition) is 1. The number of halogens is 1. The first-order valence-electron chi connectivity index (χ1n) is 6.06. The Morgan fingerprint density at radius 2 is 2.00 bits per heavy atom. The number of Topliss-reactive ketones (excluding diaryl/α,β-unsaturated/α-hetero) is 1. The third-order valence-electron chi connectivity index (χ3n) is 2.83. The molecule has 0 aliphatic heterocycles. The molecule has 0 atom stereocenters. The van der Waals surface area contributed by atoms with Gasteiger partial charge in [0, 0.05) is 5.56 Å². The summed E-state index contributed by atoms with van der Waals surface area (Å²) in [6.45, 7) is 0. The molecule has 0 radical (unpaired) electrons. The van der Waals surface area contributed by atoms with Crippen LogP contribution in [0.15, 0.2) is 40.9 Å². The highest BCUT2D eigenvalue weighted by molar-refractivity contribution is 7.99. The zero-order valence-corrected chi connectivity index (χ0v) is 12.4. The molecule has 1 aromatic carbocycles. The van der Waals surface area contributed by atoms with E-state index in [2.05, 4.69) is 9.97 Å². The standard InChI is InChI=1S/C14H10FN3OS2/c15-9-3-1-8(2-4-9)11(19)7-21-14-17-12(16)10-5-6-20-13(10)18-14/h1-6H,7H2,(H2,16,17,18). The lowest BCUT2D eigenvalue weighted by Crippen LogP contribution is -2.03. The molecule has 2 N–H and O–H groups in total. The minimum atomic E-state index is -0.363. The number of thiophene rings is 1. The normalized spacial score (nSPS) is 10.9. The van der Waals surface area contributed by atoms with Gasteiger partial charge in [0.1, 0.15) is 16.5 Å². The van der Waals surface area contributed by atoms with Crippen LogP contribution in [0.1, 0.15) is 10.4 Å². The van der Waals surface area contributed by atoms with Crippen molar-refractivity contribution in [2.24, 2.45) is 0 Å². The first kappa shape index (κ1) is 14.0. The molecule has 0 fully saturated rings. The number of nitrogen functional groups attached to an aromatic ring is 1. The minimum absolute atomic E-state index is 0.103. The third-order valence-corrected chi connectivity index (χ3v) is 4.49. The molecule has 2 aromatic heterocycles. The Kier molecular flexibility index (Phi) is 3.85. The molecule has 0 aliphatic carbocycles. The second kappa shape index (κ2) is 5.79. The van der Waals surface area contributed by atoms with Crippen LogP contribution in [-0.2, 0) is 0 Å². The average Bonchev–Trinajstić information content (AvgIpc) is 2.94. The molecular weight excluding hydrogens is 309 g/mol. The molecule has 7 heteroatoms. The minimum Gasteiger partial charge on any atom is -0.383 e. The van der Waals surface area contributed by atoms with Gasteiger partial charge in [-0.25, -0.2) is 14.4 Å². The van der Waals surface area contributed by atoms with Crippen molar-refractivity contribution in [3.63, 3.8) is 0 Å². The Morgan fingerprint density at radius 1 is 1.24 bits per heavy atom. The molecule has 0 spiro atoms. The Morgan fingerprint density at radius 3 is 2.76 bits per heavy atom.